The van der Waals surface area contributed by atoms with Crippen molar-refractivity contribution in [3.63, 3.8) is 0 Å². The van der Waals surface area contributed by atoms with Crippen molar-refractivity contribution in [2.45, 2.75) is 27.7 Å². The van der Waals surface area contributed by atoms with Gasteiger partial charge in [-0.25, -0.2) is 0 Å². The van der Waals surface area contributed by atoms with Gasteiger partial charge < -0.3 is 19.9 Å². The number of hydrogen-bond donors (Lipinski definition) is 2. The molecule has 0 aliphatic rings. The molecule has 2 N–H and O–H groups in total. The van der Waals surface area contributed by atoms with Crippen LogP contribution >= 0.6 is 0 Å². The number of aromatic nitrogens is 1. The van der Waals surface area contributed by atoms with Gasteiger partial charge in [-0.3, -0.25) is 9.59 Å². The molecule has 0 atom stereocenters. The Morgan fingerprint density at radius 3 is 2.48 bits per heavy atom. The van der Waals surface area contributed by atoms with Crippen LogP contribution in [0.15, 0.2) is 30.3 Å². The number of amides is 2. The van der Waals surface area contributed by atoms with Crippen molar-refractivity contribution >= 4 is 17.5 Å². The van der Waals surface area contributed by atoms with E-state index in [1.54, 1.807) is 29.2 Å². The van der Waals surface area contributed by atoms with Crippen molar-refractivity contribution < 1.29 is 14.3 Å². The highest BCUT2D eigenvalue weighted by atomic mass is 16.5. The van der Waals surface area contributed by atoms with Crippen LogP contribution in [-0.2, 0) is 4.79 Å². The van der Waals surface area contributed by atoms with Gasteiger partial charge in [0.2, 0.25) is 0 Å². The molecule has 2 amide bonds. The second kappa shape index (κ2) is 8.37. The van der Waals surface area contributed by atoms with E-state index in [1.807, 2.05) is 33.8 Å². The molecule has 0 aliphatic carbocycles. The minimum Gasteiger partial charge on any atom is -0.484 e. The van der Waals surface area contributed by atoms with Crippen molar-refractivity contribution in [3.05, 3.63) is 47.3 Å². The van der Waals surface area contributed by atoms with Crippen LogP contribution in [0.4, 0.5) is 5.69 Å². The first kappa shape index (κ1) is 18.6. The fraction of sp³-hybridized carbons (Fsp3) is 0.368. The lowest BCUT2D eigenvalue weighted by Gasteiger charge is -2.18. The van der Waals surface area contributed by atoms with Gasteiger partial charge in [0.15, 0.2) is 6.61 Å². The number of anilines is 1. The highest BCUT2D eigenvalue weighted by Crippen LogP contribution is 2.19. The van der Waals surface area contributed by atoms with E-state index >= 15 is 0 Å². The second-order valence-corrected chi connectivity index (χ2v) is 5.85. The fourth-order valence-corrected chi connectivity index (χ4v) is 2.63. The molecular weight excluding hydrogens is 318 g/mol. The summed E-state index contributed by atoms with van der Waals surface area (Å²) in [6, 6.07) is 8.95. The first-order valence-corrected chi connectivity index (χ1v) is 8.42. The highest BCUT2D eigenvalue weighted by molar-refractivity contribution is 6.04. The smallest absolute Gasteiger partial charge is 0.272 e. The van der Waals surface area contributed by atoms with E-state index in [0.29, 0.717) is 30.2 Å². The summed E-state index contributed by atoms with van der Waals surface area (Å²) in [4.78, 5) is 29.1. The van der Waals surface area contributed by atoms with E-state index in [9.17, 15) is 9.59 Å². The van der Waals surface area contributed by atoms with Crippen LogP contribution < -0.4 is 10.1 Å². The Labute approximate surface area is 148 Å². The fourth-order valence-electron chi connectivity index (χ4n) is 2.63. The van der Waals surface area contributed by atoms with E-state index in [1.165, 1.54) is 0 Å². The number of likely N-dealkylation sites (N-methyl/N-ethyl adjacent to an activating group) is 1. The van der Waals surface area contributed by atoms with Crippen molar-refractivity contribution in [1.29, 1.82) is 0 Å². The normalized spacial score (nSPS) is 10.4. The summed E-state index contributed by atoms with van der Waals surface area (Å²) >= 11 is 0. The lowest BCUT2D eigenvalue weighted by atomic mass is 10.2. The molecular formula is C19H25N3O3. The van der Waals surface area contributed by atoms with Crippen molar-refractivity contribution in [1.82, 2.24) is 9.88 Å². The van der Waals surface area contributed by atoms with Gasteiger partial charge in [-0.05, 0) is 51.5 Å². The molecule has 1 heterocycles. The monoisotopic (exact) mass is 343 g/mol. The van der Waals surface area contributed by atoms with Crippen molar-refractivity contribution in [2.75, 3.05) is 25.0 Å². The zero-order valence-electron chi connectivity index (χ0n) is 15.2. The van der Waals surface area contributed by atoms with Crippen LogP contribution in [0.25, 0.3) is 0 Å². The van der Waals surface area contributed by atoms with E-state index in [-0.39, 0.29) is 18.4 Å². The number of rotatable bonds is 7. The maximum Gasteiger partial charge on any atom is 0.272 e. The zero-order chi connectivity index (χ0) is 18.4. The van der Waals surface area contributed by atoms with Gasteiger partial charge in [-0.1, -0.05) is 6.07 Å². The molecule has 0 bridgehead atoms. The minimum atomic E-state index is -0.207. The topological polar surface area (TPSA) is 74.4 Å². The molecule has 1 aromatic heterocycles. The molecule has 0 spiro atoms. The van der Waals surface area contributed by atoms with Crippen LogP contribution in [0.2, 0.25) is 0 Å². The largest absolute Gasteiger partial charge is 0.484 e. The molecule has 0 saturated carbocycles. The average molecular weight is 343 g/mol. The Balaban J connectivity index is 2.00. The number of hydrogen-bond acceptors (Lipinski definition) is 3. The standard InChI is InChI=1S/C19H25N3O3/c1-5-22(6-2)17(23)12-25-16-9-7-8-15(11-16)21-19(24)18-13(3)10-14(4)20-18/h7-11,20H,5-6,12H2,1-4H3,(H,21,24). The maximum atomic E-state index is 12.3. The molecule has 1 aromatic carbocycles. The highest BCUT2D eigenvalue weighted by Gasteiger charge is 2.13. The summed E-state index contributed by atoms with van der Waals surface area (Å²) in [6.07, 6.45) is 0. The van der Waals surface area contributed by atoms with E-state index in [2.05, 4.69) is 10.3 Å². The number of ether oxygens (including phenoxy) is 1. The number of H-pyrrole nitrogens is 1. The Morgan fingerprint density at radius 2 is 1.88 bits per heavy atom. The molecule has 0 unspecified atom stereocenters. The summed E-state index contributed by atoms with van der Waals surface area (Å²) < 4.78 is 5.56. The predicted octanol–water partition coefficient (Wildman–Crippen LogP) is 3.13. The maximum absolute atomic E-state index is 12.3. The predicted molar refractivity (Wildman–Crippen MR) is 98.1 cm³/mol. The summed E-state index contributed by atoms with van der Waals surface area (Å²) in [5.74, 6) is 0.275. The molecule has 25 heavy (non-hydrogen) atoms. The third kappa shape index (κ3) is 4.86. The molecule has 0 fully saturated rings. The van der Waals surface area contributed by atoms with Crippen LogP contribution in [0, 0.1) is 13.8 Å². The average Bonchev–Trinajstić information content (AvgIpc) is 2.93. The molecule has 2 aromatic rings. The van der Waals surface area contributed by atoms with Crippen LogP contribution in [0.5, 0.6) is 5.75 Å². The van der Waals surface area contributed by atoms with Crippen LogP contribution in [0.1, 0.15) is 35.6 Å². The van der Waals surface area contributed by atoms with Crippen molar-refractivity contribution in [3.8, 4) is 5.75 Å². The molecule has 6 heteroatoms. The SMILES string of the molecule is CCN(CC)C(=O)COc1cccc(NC(=O)c2[nH]c(C)cc2C)c1. The number of nitrogens with zero attached hydrogens (tertiary/aromatic N) is 1. The minimum absolute atomic E-state index is 0.0198. The van der Waals surface area contributed by atoms with Gasteiger partial charge >= 0.3 is 0 Å². The Morgan fingerprint density at radius 1 is 1.16 bits per heavy atom. The first-order valence-electron chi connectivity index (χ1n) is 8.42. The van der Waals surface area contributed by atoms with Gasteiger partial charge in [0.1, 0.15) is 11.4 Å². The molecule has 0 saturated heterocycles. The Bertz CT molecular complexity index is 748. The molecule has 0 radical (unpaired) electrons. The number of benzene rings is 1. The third-order valence-electron chi connectivity index (χ3n) is 3.95. The van der Waals surface area contributed by atoms with E-state index in [0.717, 1.165) is 11.3 Å². The van der Waals surface area contributed by atoms with Gasteiger partial charge in [-0.2, -0.15) is 0 Å². The van der Waals surface area contributed by atoms with Crippen LogP contribution in [0.3, 0.4) is 0 Å². The van der Waals surface area contributed by atoms with Gasteiger partial charge in [0, 0.05) is 30.5 Å². The number of aromatic amines is 1. The van der Waals surface area contributed by atoms with Gasteiger partial charge in [0.25, 0.3) is 11.8 Å². The first-order chi connectivity index (χ1) is 11.9. The number of aryl methyl sites for hydroxylation is 2. The number of carbonyl (C=O) groups excluding carboxylic acids is 2. The third-order valence-corrected chi connectivity index (χ3v) is 3.95. The summed E-state index contributed by atoms with van der Waals surface area (Å²) in [6.45, 7) is 8.95. The zero-order valence-corrected chi connectivity index (χ0v) is 15.2. The van der Waals surface area contributed by atoms with E-state index < -0.39 is 0 Å². The molecule has 0 aliphatic heterocycles. The van der Waals surface area contributed by atoms with Crippen molar-refractivity contribution in [2.24, 2.45) is 0 Å². The second-order valence-electron chi connectivity index (χ2n) is 5.85. The molecule has 6 nitrogen and oxygen atoms in total. The summed E-state index contributed by atoms with van der Waals surface area (Å²) in [5.41, 5.74) is 2.99. The Kier molecular flexibility index (Phi) is 6.22. The van der Waals surface area contributed by atoms with E-state index in [4.69, 9.17) is 4.74 Å². The molecule has 134 valence electrons. The van der Waals surface area contributed by atoms with Gasteiger partial charge in [0.05, 0.1) is 0 Å². The number of nitrogens with one attached hydrogen (secondary N) is 2. The number of carbonyl (C=O) groups is 2. The van der Waals surface area contributed by atoms with Gasteiger partial charge in [-0.15, -0.1) is 0 Å². The lowest BCUT2D eigenvalue weighted by molar-refractivity contribution is -0.132. The van der Waals surface area contributed by atoms with Crippen LogP contribution in [-0.4, -0.2) is 41.4 Å². The summed E-state index contributed by atoms with van der Waals surface area (Å²) in [7, 11) is 0. The molecule has 2 rings (SSSR count). The summed E-state index contributed by atoms with van der Waals surface area (Å²) in [5, 5.41) is 2.84. The Hall–Kier alpha value is -2.76. The lowest BCUT2D eigenvalue weighted by Crippen LogP contribution is -2.34. The quantitative estimate of drug-likeness (QED) is 0.811.